The Morgan fingerprint density at radius 2 is 2.00 bits per heavy atom. The second kappa shape index (κ2) is 5.86. The highest BCUT2D eigenvalue weighted by Gasteiger charge is 2.20. The van der Waals surface area contributed by atoms with Crippen LogP contribution in [0.25, 0.3) is 11.1 Å². The first kappa shape index (κ1) is 14.0. The third kappa shape index (κ3) is 2.57. The van der Waals surface area contributed by atoms with Gasteiger partial charge in [-0.3, -0.25) is 0 Å². The van der Waals surface area contributed by atoms with Crippen LogP contribution >= 0.6 is 0 Å². The first-order valence-electron chi connectivity index (χ1n) is 8.37. The minimum absolute atomic E-state index is 0.373. The van der Waals surface area contributed by atoms with Crippen LogP contribution in [0.4, 0.5) is 0 Å². The van der Waals surface area contributed by atoms with Crippen LogP contribution in [-0.2, 0) is 11.2 Å². The molecule has 114 valence electrons. The van der Waals surface area contributed by atoms with Crippen LogP contribution in [0.1, 0.15) is 42.5 Å². The predicted molar refractivity (Wildman–Crippen MR) is 90.1 cm³/mol. The van der Waals surface area contributed by atoms with Crippen LogP contribution in [0.3, 0.4) is 0 Å². The lowest BCUT2D eigenvalue weighted by Crippen LogP contribution is -2.28. The van der Waals surface area contributed by atoms with Crippen LogP contribution < -0.4 is 5.32 Å². The zero-order valence-corrected chi connectivity index (χ0v) is 13.1. The number of ether oxygens (including phenoxy) is 1. The van der Waals surface area contributed by atoms with Crippen LogP contribution in [0, 0.1) is 0 Å². The number of hydrogen-bond acceptors (Lipinski definition) is 2. The van der Waals surface area contributed by atoms with E-state index in [1.54, 1.807) is 0 Å². The van der Waals surface area contributed by atoms with Crippen LogP contribution in [-0.4, -0.2) is 19.3 Å². The largest absolute Gasteiger partial charge is 0.377 e. The Morgan fingerprint density at radius 1 is 1.14 bits per heavy atom. The molecule has 2 atom stereocenters. The first-order chi connectivity index (χ1) is 10.8. The molecule has 22 heavy (non-hydrogen) atoms. The molecule has 1 N–H and O–H groups in total. The quantitative estimate of drug-likeness (QED) is 0.782. The van der Waals surface area contributed by atoms with Crippen molar-refractivity contribution < 1.29 is 4.74 Å². The minimum atomic E-state index is 0.373. The van der Waals surface area contributed by atoms with Crippen molar-refractivity contribution in [3.63, 3.8) is 0 Å². The SMILES string of the molecule is CC(NCC1CCCO1)c1ccc2c(c1)Cc1ccccc1-2. The number of hydrogen-bond donors (Lipinski definition) is 1. The Balaban J connectivity index is 1.49. The number of rotatable bonds is 4. The summed E-state index contributed by atoms with van der Waals surface area (Å²) >= 11 is 0. The van der Waals surface area contributed by atoms with Gasteiger partial charge in [0.15, 0.2) is 0 Å². The Hall–Kier alpha value is -1.64. The highest BCUT2D eigenvalue weighted by molar-refractivity contribution is 5.76. The van der Waals surface area contributed by atoms with Gasteiger partial charge in [-0.05, 0) is 54.0 Å². The van der Waals surface area contributed by atoms with E-state index in [0.29, 0.717) is 12.1 Å². The van der Waals surface area contributed by atoms with Crippen molar-refractivity contribution in [1.82, 2.24) is 5.32 Å². The Labute approximate surface area is 132 Å². The van der Waals surface area contributed by atoms with Crippen molar-refractivity contribution in [3.05, 3.63) is 59.2 Å². The third-order valence-electron chi connectivity index (χ3n) is 4.99. The molecule has 0 radical (unpaired) electrons. The summed E-state index contributed by atoms with van der Waals surface area (Å²) in [7, 11) is 0. The van der Waals surface area contributed by atoms with E-state index in [2.05, 4.69) is 54.7 Å². The second-order valence-corrected chi connectivity index (χ2v) is 6.52. The molecule has 1 aliphatic carbocycles. The highest BCUT2D eigenvalue weighted by atomic mass is 16.5. The molecule has 1 heterocycles. The fraction of sp³-hybridized carbons (Fsp3) is 0.400. The summed E-state index contributed by atoms with van der Waals surface area (Å²) in [6, 6.07) is 16.1. The molecule has 2 heteroatoms. The van der Waals surface area contributed by atoms with Gasteiger partial charge in [0.2, 0.25) is 0 Å². The van der Waals surface area contributed by atoms with Gasteiger partial charge in [-0.2, -0.15) is 0 Å². The summed E-state index contributed by atoms with van der Waals surface area (Å²) in [4.78, 5) is 0. The van der Waals surface area contributed by atoms with Crippen LogP contribution in [0.15, 0.2) is 42.5 Å². The molecule has 0 saturated carbocycles. The van der Waals surface area contributed by atoms with E-state index in [0.717, 1.165) is 19.6 Å². The van der Waals surface area contributed by atoms with Gasteiger partial charge in [0.25, 0.3) is 0 Å². The summed E-state index contributed by atoms with van der Waals surface area (Å²) in [6.45, 7) is 4.13. The fourth-order valence-electron chi connectivity index (χ4n) is 3.67. The van der Waals surface area contributed by atoms with Crippen molar-refractivity contribution in [2.24, 2.45) is 0 Å². The minimum Gasteiger partial charge on any atom is -0.377 e. The summed E-state index contributed by atoms with van der Waals surface area (Å²) in [5, 5.41) is 3.63. The number of benzene rings is 2. The van der Waals surface area contributed by atoms with Crippen molar-refractivity contribution in [2.75, 3.05) is 13.2 Å². The molecule has 4 rings (SSSR count). The molecule has 0 bridgehead atoms. The number of fused-ring (bicyclic) bond motifs is 3. The Morgan fingerprint density at radius 3 is 2.86 bits per heavy atom. The van der Waals surface area contributed by atoms with E-state index in [1.165, 1.54) is 40.7 Å². The maximum absolute atomic E-state index is 5.69. The maximum atomic E-state index is 5.69. The van der Waals surface area contributed by atoms with Gasteiger partial charge in [-0.1, -0.05) is 42.5 Å². The summed E-state index contributed by atoms with van der Waals surface area (Å²) in [6.07, 6.45) is 3.87. The van der Waals surface area contributed by atoms with Crippen molar-refractivity contribution in [1.29, 1.82) is 0 Å². The molecule has 1 saturated heterocycles. The third-order valence-corrected chi connectivity index (χ3v) is 4.99. The molecule has 2 aromatic rings. The van der Waals surface area contributed by atoms with Gasteiger partial charge in [0, 0.05) is 19.2 Å². The van der Waals surface area contributed by atoms with Gasteiger partial charge in [-0.15, -0.1) is 0 Å². The number of nitrogens with one attached hydrogen (secondary N) is 1. The molecule has 2 unspecified atom stereocenters. The topological polar surface area (TPSA) is 21.3 Å². The standard InChI is InChI=1S/C20H23NO/c1-14(21-13-18-6-4-10-22-18)15-8-9-20-17(11-15)12-16-5-2-3-7-19(16)20/h2-3,5,7-9,11,14,18,21H,4,6,10,12-13H2,1H3. The first-order valence-corrected chi connectivity index (χ1v) is 8.37. The Bertz CT molecular complexity index is 673. The lowest BCUT2D eigenvalue weighted by atomic mass is 10.00. The van der Waals surface area contributed by atoms with Crippen molar-refractivity contribution in [3.8, 4) is 11.1 Å². The molecule has 2 aromatic carbocycles. The summed E-state index contributed by atoms with van der Waals surface area (Å²) < 4.78 is 5.69. The van der Waals surface area contributed by atoms with Crippen LogP contribution in [0.2, 0.25) is 0 Å². The lowest BCUT2D eigenvalue weighted by Gasteiger charge is -2.18. The fourth-order valence-corrected chi connectivity index (χ4v) is 3.67. The second-order valence-electron chi connectivity index (χ2n) is 6.52. The van der Waals surface area contributed by atoms with Gasteiger partial charge in [-0.25, -0.2) is 0 Å². The molecule has 2 nitrogen and oxygen atoms in total. The molecule has 1 aliphatic heterocycles. The lowest BCUT2D eigenvalue weighted by molar-refractivity contribution is 0.108. The van der Waals surface area contributed by atoms with Crippen molar-refractivity contribution in [2.45, 2.75) is 38.3 Å². The zero-order chi connectivity index (χ0) is 14.9. The van der Waals surface area contributed by atoms with E-state index in [9.17, 15) is 0 Å². The molecule has 0 amide bonds. The van der Waals surface area contributed by atoms with Gasteiger partial charge >= 0.3 is 0 Å². The Kier molecular flexibility index (Phi) is 3.73. The normalized spacial score (nSPS) is 20.7. The molecule has 1 fully saturated rings. The predicted octanol–water partition coefficient (Wildman–Crippen LogP) is 4.09. The maximum Gasteiger partial charge on any atom is 0.0700 e. The molecular weight excluding hydrogens is 270 g/mol. The van der Waals surface area contributed by atoms with E-state index in [1.807, 2.05) is 0 Å². The average Bonchev–Trinajstić information content (AvgIpc) is 3.19. The van der Waals surface area contributed by atoms with E-state index in [4.69, 9.17) is 4.74 Å². The van der Waals surface area contributed by atoms with E-state index >= 15 is 0 Å². The molecule has 0 spiro atoms. The highest BCUT2D eigenvalue weighted by Crippen LogP contribution is 2.37. The zero-order valence-electron chi connectivity index (χ0n) is 13.1. The molecule has 2 aliphatic rings. The van der Waals surface area contributed by atoms with E-state index in [-0.39, 0.29) is 0 Å². The van der Waals surface area contributed by atoms with Gasteiger partial charge < -0.3 is 10.1 Å². The van der Waals surface area contributed by atoms with Crippen LogP contribution in [0.5, 0.6) is 0 Å². The summed E-state index contributed by atoms with van der Waals surface area (Å²) in [5.74, 6) is 0. The molecular formula is C20H23NO. The monoisotopic (exact) mass is 293 g/mol. The van der Waals surface area contributed by atoms with Crippen molar-refractivity contribution >= 4 is 0 Å². The van der Waals surface area contributed by atoms with Gasteiger partial charge in [0.1, 0.15) is 0 Å². The van der Waals surface area contributed by atoms with E-state index < -0.39 is 0 Å². The smallest absolute Gasteiger partial charge is 0.0700 e. The summed E-state index contributed by atoms with van der Waals surface area (Å²) in [5.41, 5.74) is 7.11. The van der Waals surface area contributed by atoms with Gasteiger partial charge in [0.05, 0.1) is 6.10 Å². The molecule has 0 aromatic heterocycles. The average molecular weight is 293 g/mol.